The van der Waals surface area contributed by atoms with Crippen LogP contribution in [0.25, 0.3) is 16.8 Å². The molecule has 5 rings (SSSR count). The highest BCUT2D eigenvalue weighted by Crippen LogP contribution is 2.34. The van der Waals surface area contributed by atoms with Crippen LogP contribution in [0.3, 0.4) is 0 Å². The Kier molecular flexibility index (Phi) is 4.67. The van der Waals surface area contributed by atoms with Gasteiger partial charge in [0.05, 0.1) is 11.4 Å². The summed E-state index contributed by atoms with van der Waals surface area (Å²) >= 11 is 0. The van der Waals surface area contributed by atoms with Crippen molar-refractivity contribution in [2.45, 2.75) is 39.3 Å². The second-order valence-corrected chi connectivity index (χ2v) is 6.55. The molecule has 3 aromatic rings. The van der Waals surface area contributed by atoms with Gasteiger partial charge in [-0.25, -0.2) is 9.98 Å². The summed E-state index contributed by atoms with van der Waals surface area (Å²) in [5.74, 6) is 1.19. The van der Waals surface area contributed by atoms with Crippen molar-refractivity contribution in [3.05, 3.63) is 65.5 Å². The van der Waals surface area contributed by atoms with Gasteiger partial charge in [-0.15, -0.1) is 0 Å². The SMILES string of the molecule is CC.NC1=NC(c2ccc3ccccc3c2)n2c(nc3c2C=CCCC3)N1. The molecule has 0 fully saturated rings. The lowest BCUT2D eigenvalue weighted by molar-refractivity contribution is 0.604. The van der Waals surface area contributed by atoms with E-state index in [0.29, 0.717) is 5.96 Å². The molecule has 3 N–H and O–H groups in total. The van der Waals surface area contributed by atoms with Gasteiger partial charge >= 0.3 is 0 Å². The van der Waals surface area contributed by atoms with E-state index in [1.54, 1.807) is 0 Å². The van der Waals surface area contributed by atoms with E-state index in [9.17, 15) is 0 Å². The number of guanidine groups is 1. The van der Waals surface area contributed by atoms with E-state index in [2.05, 4.69) is 69.5 Å². The Balaban J connectivity index is 0.000000872. The number of hydrogen-bond acceptors (Lipinski definition) is 4. The van der Waals surface area contributed by atoms with Gasteiger partial charge in [0.25, 0.3) is 0 Å². The Hall–Kier alpha value is -3.08. The van der Waals surface area contributed by atoms with Gasteiger partial charge in [-0.3, -0.25) is 9.88 Å². The molecule has 1 unspecified atom stereocenters. The molecule has 2 heterocycles. The van der Waals surface area contributed by atoms with E-state index < -0.39 is 0 Å². The monoisotopic (exact) mass is 359 g/mol. The molecule has 0 saturated heterocycles. The fourth-order valence-corrected chi connectivity index (χ4v) is 3.70. The highest BCUT2D eigenvalue weighted by Gasteiger charge is 2.27. The van der Waals surface area contributed by atoms with Crippen LogP contribution in [-0.4, -0.2) is 15.5 Å². The van der Waals surface area contributed by atoms with E-state index >= 15 is 0 Å². The zero-order valence-corrected chi connectivity index (χ0v) is 15.8. The van der Waals surface area contributed by atoms with Gasteiger partial charge in [-0.1, -0.05) is 56.3 Å². The minimum absolute atomic E-state index is 0.195. The lowest BCUT2D eigenvalue weighted by Gasteiger charge is -2.24. The number of fused-ring (bicyclic) bond motifs is 4. The van der Waals surface area contributed by atoms with Gasteiger partial charge in [0.1, 0.15) is 0 Å². The summed E-state index contributed by atoms with van der Waals surface area (Å²) in [7, 11) is 0. The van der Waals surface area contributed by atoms with Gasteiger partial charge in [0.2, 0.25) is 5.95 Å². The standard InChI is InChI=1S/C20H19N5.C2H6/c21-19-23-18(15-11-10-13-6-4-5-7-14(13)12-15)25-17-9-3-1-2-8-16(17)22-20(25)24-19;1-2/h3-7,9-12,18H,1-2,8H2,(H3,21,22,23,24);1-2H3. The number of nitrogens with one attached hydrogen (secondary N) is 1. The Morgan fingerprint density at radius 1 is 1.11 bits per heavy atom. The molecule has 0 bridgehead atoms. The topological polar surface area (TPSA) is 68.2 Å². The Morgan fingerprint density at radius 3 is 2.78 bits per heavy atom. The van der Waals surface area contributed by atoms with Crippen LogP contribution < -0.4 is 11.1 Å². The van der Waals surface area contributed by atoms with Crippen LogP contribution in [0.1, 0.15) is 49.8 Å². The predicted molar refractivity (Wildman–Crippen MR) is 113 cm³/mol. The summed E-state index contributed by atoms with van der Waals surface area (Å²) in [5.41, 5.74) is 9.41. The molecule has 1 aromatic heterocycles. The highest BCUT2D eigenvalue weighted by atomic mass is 15.4. The first-order valence-corrected chi connectivity index (χ1v) is 9.66. The number of anilines is 1. The van der Waals surface area contributed by atoms with Crippen LogP contribution in [0, 0.1) is 0 Å². The maximum absolute atomic E-state index is 6.05. The molecule has 1 atom stereocenters. The Labute approximate surface area is 159 Å². The first-order chi connectivity index (χ1) is 13.3. The number of allylic oxidation sites excluding steroid dienone is 1. The third kappa shape index (κ3) is 3.10. The largest absolute Gasteiger partial charge is 0.370 e. The molecule has 0 spiro atoms. The van der Waals surface area contributed by atoms with Crippen LogP contribution >= 0.6 is 0 Å². The summed E-state index contributed by atoms with van der Waals surface area (Å²) in [6.07, 6.45) is 7.39. The molecule has 0 amide bonds. The third-order valence-electron chi connectivity index (χ3n) is 4.90. The number of rotatable bonds is 1. The van der Waals surface area contributed by atoms with Crippen molar-refractivity contribution in [2.75, 3.05) is 5.32 Å². The number of nitrogens with two attached hydrogens (primary N) is 1. The van der Waals surface area contributed by atoms with Gasteiger partial charge in [0.15, 0.2) is 12.1 Å². The molecule has 0 radical (unpaired) electrons. The van der Waals surface area contributed by atoms with Crippen molar-refractivity contribution in [3.8, 4) is 0 Å². The fourth-order valence-electron chi connectivity index (χ4n) is 3.70. The van der Waals surface area contributed by atoms with E-state index in [1.165, 1.54) is 10.8 Å². The summed E-state index contributed by atoms with van der Waals surface area (Å²) in [4.78, 5) is 9.46. The van der Waals surface area contributed by atoms with Crippen molar-refractivity contribution in [1.29, 1.82) is 0 Å². The number of benzene rings is 2. The first kappa shape index (κ1) is 17.3. The first-order valence-electron chi connectivity index (χ1n) is 9.66. The molecule has 1 aliphatic heterocycles. The highest BCUT2D eigenvalue weighted by molar-refractivity contribution is 5.92. The zero-order chi connectivity index (χ0) is 18.8. The zero-order valence-electron chi connectivity index (χ0n) is 15.8. The predicted octanol–water partition coefficient (Wildman–Crippen LogP) is 4.70. The average molecular weight is 359 g/mol. The van der Waals surface area contributed by atoms with Gasteiger partial charge in [0, 0.05) is 0 Å². The van der Waals surface area contributed by atoms with Crippen LogP contribution in [0.15, 0.2) is 53.5 Å². The third-order valence-corrected chi connectivity index (χ3v) is 4.90. The molecule has 138 valence electrons. The van der Waals surface area contributed by atoms with Crippen molar-refractivity contribution >= 4 is 28.8 Å². The lowest BCUT2D eigenvalue weighted by Crippen LogP contribution is -2.31. The summed E-state index contributed by atoms with van der Waals surface area (Å²) in [6.45, 7) is 4.00. The van der Waals surface area contributed by atoms with Crippen LogP contribution in [-0.2, 0) is 6.42 Å². The molecule has 0 saturated carbocycles. The van der Waals surface area contributed by atoms with Crippen molar-refractivity contribution in [3.63, 3.8) is 0 Å². The minimum atomic E-state index is -0.195. The normalized spacial score (nSPS) is 17.7. The van der Waals surface area contributed by atoms with Crippen molar-refractivity contribution in [1.82, 2.24) is 9.55 Å². The fraction of sp³-hybridized carbons (Fsp3) is 0.273. The summed E-state index contributed by atoms with van der Waals surface area (Å²) in [5, 5.41) is 5.55. The smallest absolute Gasteiger partial charge is 0.212 e. The Bertz CT molecular complexity index is 1030. The van der Waals surface area contributed by atoms with Gasteiger partial charge in [-0.05, 0) is 47.7 Å². The minimum Gasteiger partial charge on any atom is -0.370 e. The van der Waals surface area contributed by atoms with Crippen molar-refractivity contribution < 1.29 is 0 Å². The molecule has 27 heavy (non-hydrogen) atoms. The molecule has 1 aliphatic carbocycles. The number of hydrogen-bond donors (Lipinski definition) is 2. The van der Waals surface area contributed by atoms with E-state index in [-0.39, 0.29) is 6.17 Å². The van der Waals surface area contributed by atoms with E-state index in [1.807, 2.05) is 13.8 Å². The van der Waals surface area contributed by atoms with Gasteiger partial charge in [-0.2, -0.15) is 0 Å². The summed E-state index contributed by atoms with van der Waals surface area (Å²) in [6, 6.07) is 14.8. The molecular weight excluding hydrogens is 334 g/mol. The number of aromatic nitrogens is 2. The van der Waals surface area contributed by atoms with E-state index in [0.717, 1.165) is 42.2 Å². The maximum atomic E-state index is 6.05. The van der Waals surface area contributed by atoms with E-state index in [4.69, 9.17) is 10.7 Å². The van der Waals surface area contributed by atoms with Gasteiger partial charge < -0.3 is 5.73 Å². The second kappa shape index (κ2) is 7.27. The average Bonchev–Trinajstić information content (AvgIpc) is 2.89. The van der Waals surface area contributed by atoms with Crippen LogP contribution in [0.4, 0.5) is 5.95 Å². The van der Waals surface area contributed by atoms with Crippen LogP contribution in [0.5, 0.6) is 0 Å². The molecule has 2 aliphatic rings. The molecular formula is C22H25N5. The van der Waals surface area contributed by atoms with Crippen LogP contribution in [0.2, 0.25) is 0 Å². The molecule has 5 nitrogen and oxygen atoms in total. The quantitative estimate of drug-likeness (QED) is 0.662. The number of aliphatic imine (C=N–C) groups is 1. The Morgan fingerprint density at radius 2 is 1.93 bits per heavy atom. The van der Waals surface area contributed by atoms with Crippen molar-refractivity contribution in [2.24, 2.45) is 10.7 Å². The lowest BCUT2D eigenvalue weighted by atomic mass is 10.0. The number of aryl methyl sites for hydroxylation is 1. The summed E-state index contributed by atoms with van der Waals surface area (Å²) < 4.78 is 2.16. The number of nitrogens with zero attached hydrogens (tertiary/aromatic N) is 3. The molecule has 5 heteroatoms. The number of imidazole rings is 1. The second-order valence-electron chi connectivity index (χ2n) is 6.55. The maximum Gasteiger partial charge on any atom is 0.212 e. The molecule has 2 aromatic carbocycles.